The molecule has 0 saturated heterocycles. The molecule has 0 saturated carbocycles. The summed E-state index contributed by atoms with van der Waals surface area (Å²) in [6.07, 6.45) is 0. The summed E-state index contributed by atoms with van der Waals surface area (Å²) >= 11 is 0. The van der Waals surface area contributed by atoms with E-state index in [9.17, 15) is 13.2 Å². The Kier molecular flexibility index (Phi) is 2.67. The SMILES string of the molecule is Cc1cc2c(cc1F)nc(N)n2-c1cc(F)cc(F)c1. The van der Waals surface area contributed by atoms with Crippen LogP contribution in [0.2, 0.25) is 0 Å². The maximum atomic E-state index is 13.5. The molecule has 3 rings (SSSR count). The lowest BCUT2D eigenvalue weighted by Gasteiger charge is -2.07. The van der Waals surface area contributed by atoms with Crippen molar-refractivity contribution >= 4 is 17.0 Å². The van der Waals surface area contributed by atoms with Gasteiger partial charge in [0, 0.05) is 12.1 Å². The fourth-order valence-electron chi connectivity index (χ4n) is 2.16. The fourth-order valence-corrected chi connectivity index (χ4v) is 2.16. The maximum absolute atomic E-state index is 13.5. The zero-order valence-corrected chi connectivity index (χ0v) is 10.5. The fraction of sp³-hybridized carbons (Fsp3) is 0.0714. The van der Waals surface area contributed by atoms with Crippen LogP contribution in [0, 0.1) is 24.4 Å². The average Bonchev–Trinajstić information content (AvgIpc) is 2.64. The molecular weight excluding hydrogens is 267 g/mol. The van der Waals surface area contributed by atoms with Crippen LogP contribution in [-0.2, 0) is 0 Å². The van der Waals surface area contributed by atoms with Gasteiger partial charge in [-0.2, -0.15) is 0 Å². The zero-order valence-electron chi connectivity index (χ0n) is 10.5. The molecule has 1 aromatic heterocycles. The van der Waals surface area contributed by atoms with Crippen molar-refractivity contribution in [1.29, 1.82) is 0 Å². The molecular formula is C14H10F3N3. The number of hydrogen-bond donors (Lipinski definition) is 1. The third kappa shape index (κ3) is 1.89. The minimum Gasteiger partial charge on any atom is -0.369 e. The van der Waals surface area contributed by atoms with Crippen LogP contribution in [-0.4, -0.2) is 9.55 Å². The number of imidazole rings is 1. The second-order valence-corrected chi connectivity index (χ2v) is 4.52. The number of rotatable bonds is 1. The molecule has 2 aromatic carbocycles. The van der Waals surface area contributed by atoms with Gasteiger partial charge in [0.15, 0.2) is 0 Å². The third-order valence-corrected chi connectivity index (χ3v) is 3.07. The number of benzene rings is 2. The number of fused-ring (bicyclic) bond motifs is 1. The summed E-state index contributed by atoms with van der Waals surface area (Å²) in [7, 11) is 0. The summed E-state index contributed by atoms with van der Waals surface area (Å²) in [5.41, 5.74) is 7.19. The Morgan fingerprint density at radius 1 is 1.00 bits per heavy atom. The van der Waals surface area contributed by atoms with Crippen LogP contribution in [0.4, 0.5) is 19.1 Å². The molecule has 102 valence electrons. The number of anilines is 1. The van der Waals surface area contributed by atoms with Gasteiger partial charge in [0.25, 0.3) is 0 Å². The van der Waals surface area contributed by atoms with Crippen molar-refractivity contribution in [3.63, 3.8) is 0 Å². The molecule has 3 aromatic rings. The molecule has 1 heterocycles. The van der Waals surface area contributed by atoms with Gasteiger partial charge in [0.05, 0.1) is 16.7 Å². The Hall–Kier alpha value is -2.50. The van der Waals surface area contributed by atoms with Crippen molar-refractivity contribution in [2.24, 2.45) is 0 Å². The molecule has 0 spiro atoms. The highest BCUT2D eigenvalue weighted by molar-refractivity contribution is 5.81. The predicted octanol–water partition coefficient (Wildman–Crippen LogP) is 3.33. The van der Waals surface area contributed by atoms with Crippen LogP contribution in [0.15, 0.2) is 30.3 Å². The van der Waals surface area contributed by atoms with Crippen LogP contribution >= 0.6 is 0 Å². The first kappa shape index (κ1) is 12.5. The number of nitrogen functional groups attached to an aromatic ring is 1. The van der Waals surface area contributed by atoms with Gasteiger partial charge in [-0.25, -0.2) is 18.2 Å². The summed E-state index contributed by atoms with van der Waals surface area (Å²) in [6.45, 7) is 1.59. The van der Waals surface area contributed by atoms with Crippen molar-refractivity contribution in [2.75, 3.05) is 5.73 Å². The first-order valence-electron chi connectivity index (χ1n) is 5.86. The molecule has 3 nitrogen and oxygen atoms in total. The van der Waals surface area contributed by atoms with Gasteiger partial charge in [0.1, 0.15) is 17.5 Å². The molecule has 0 bridgehead atoms. The Morgan fingerprint density at radius 2 is 1.65 bits per heavy atom. The van der Waals surface area contributed by atoms with Crippen LogP contribution in [0.25, 0.3) is 16.7 Å². The minimum absolute atomic E-state index is 0.0370. The minimum atomic E-state index is -0.722. The first-order valence-corrected chi connectivity index (χ1v) is 5.86. The van der Waals surface area contributed by atoms with Gasteiger partial charge in [-0.1, -0.05) is 0 Å². The Balaban J connectivity index is 2.35. The van der Waals surface area contributed by atoms with Crippen LogP contribution in [0.3, 0.4) is 0 Å². The van der Waals surface area contributed by atoms with E-state index in [0.717, 1.165) is 18.2 Å². The Bertz CT molecular complexity index is 804. The third-order valence-electron chi connectivity index (χ3n) is 3.07. The number of halogens is 3. The van der Waals surface area contributed by atoms with E-state index in [1.165, 1.54) is 16.7 Å². The van der Waals surface area contributed by atoms with Crippen molar-refractivity contribution in [3.8, 4) is 5.69 Å². The van der Waals surface area contributed by atoms with Crippen LogP contribution in [0.1, 0.15) is 5.56 Å². The highest BCUT2D eigenvalue weighted by atomic mass is 19.1. The van der Waals surface area contributed by atoms with E-state index in [2.05, 4.69) is 4.98 Å². The van der Waals surface area contributed by atoms with E-state index in [-0.39, 0.29) is 11.6 Å². The van der Waals surface area contributed by atoms with E-state index >= 15 is 0 Å². The van der Waals surface area contributed by atoms with Gasteiger partial charge in [-0.15, -0.1) is 0 Å². The van der Waals surface area contributed by atoms with Gasteiger partial charge in [0.2, 0.25) is 5.95 Å². The molecule has 0 fully saturated rings. The Labute approximate surface area is 112 Å². The molecule has 20 heavy (non-hydrogen) atoms. The van der Waals surface area contributed by atoms with Gasteiger partial charge >= 0.3 is 0 Å². The molecule has 0 aliphatic rings. The van der Waals surface area contributed by atoms with Crippen molar-refractivity contribution in [2.45, 2.75) is 6.92 Å². The Morgan fingerprint density at radius 3 is 2.30 bits per heavy atom. The van der Waals surface area contributed by atoms with Crippen LogP contribution in [0.5, 0.6) is 0 Å². The zero-order chi connectivity index (χ0) is 14.4. The largest absolute Gasteiger partial charge is 0.369 e. The first-order chi connectivity index (χ1) is 9.45. The molecule has 0 aliphatic heterocycles. The average molecular weight is 277 g/mol. The quantitative estimate of drug-likeness (QED) is 0.741. The van der Waals surface area contributed by atoms with Crippen molar-refractivity contribution in [1.82, 2.24) is 9.55 Å². The lowest BCUT2D eigenvalue weighted by molar-refractivity contribution is 0.582. The highest BCUT2D eigenvalue weighted by Crippen LogP contribution is 2.26. The van der Waals surface area contributed by atoms with Crippen molar-refractivity contribution < 1.29 is 13.2 Å². The summed E-state index contributed by atoms with van der Waals surface area (Å²) in [5.74, 6) is -1.82. The normalized spacial score (nSPS) is 11.2. The smallest absolute Gasteiger partial charge is 0.205 e. The molecule has 6 heteroatoms. The molecule has 0 atom stereocenters. The summed E-state index contributed by atoms with van der Waals surface area (Å²) in [6, 6.07) is 5.83. The molecule has 0 unspecified atom stereocenters. The van der Waals surface area contributed by atoms with E-state index in [1.807, 2.05) is 0 Å². The van der Waals surface area contributed by atoms with E-state index in [1.54, 1.807) is 6.92 Å². The molecule has 0 amide bonds. The lowest BCUT2D eigenvalue weighted by atomic mass is 10.2. The number of aryl methyl sites for hydroxylation is 1. The molecule has 2 N–H and O–H groups in total. The summed E-state index contributed by atoms with van der Waals surface area (Å²) in [4.78, 5) is 4.01. The standard InChI is InChI=1S/C14H10F3N3/c1-7-2-13-12(6-11(7)17)19-14(18)20(13)10-4-8(15)3-9(16)5-10/h2-6H,1H3,(H2,18,19). The highest BCUT2D eigenvalue weighted by Gasteiger charge is 2.13. The predicted molar refractivity (Wildman–Crippen MR) is 70.1 cm³/mol. The monoisotopic (exact) mass is 277 g/mol. The van der Waals surface area contributed by atoms with Crippen LogP contribution < -0.4 is 5.73 Å². The van der Waals surface area contributed by atoms with E-state index in [4.69, 9.17) is 5.73 Å². The van der Waals surface area contributed by atoms with Gasteiger partial charge in [-0.05, 0) is 30.7 Å². The van der Waals surface area contributed by atoms with E-state index < -0.39 is 17.5 Å². The number of nitrogens with two attached hydrogens (primary N) is 1. The number of hydrogen-bond acceptors (Lipinski definition) is 2. The number of nitrogens with zero attached hydrogens (tertiary/aromatic N) is 2. The topological polar surface area (TPSA) is 43.8 Å². The second-order valence-electron chi connectivity index (χ2n) is 4.52. The molecule has 0 radical (unpaired) electrons. The van der Waals surface area contributed by atoms with Gasteiger partial charge < -0.3 is 5.73 Å². The van der Waals surface area contributed by atoms with Gasteiger partial charge in [-0.3, -0.25) is 4.57 Å². The van der Waals surface area contributed by atoms with E-state index in [0.29, 0.717) is 16.6 Å². The number of aromatic nitrogens is 2. The second kappa shape index (κ2) is 4.26. The molecule has 0 aliphatic carbocycles. The summed E-state index contributed by atoms with van der Waals surface area (Å²) < 4.78 is 41.5. The maximum Gasteiger partial charge on any atom is 0.205 e. The van der Waals surface area contributed by atoms with Crippen molar-refractivity contribution in [3.05, 3.63) is 53.3 Å². The summed E-state index contributed by atoms with van der Waals surface area (Å²) in [5, 5.41) is 0. The lowest BCUT2D eigenvalue weighted by Crippen LogP contribution is -2.02.